The van der Waals surface area contributed by atoms with Gasteiger partial charge in [-0.2, -0.15) is 0 Å². The van der Waals surface area contributed by atoms with Gasteiger partial charge in [0, 0.05) is 26.3 Å². The van der Waals surface area contributed by atoms with Gasteiger partial charge in [-0.1, -0.05) is 56.0 Å². The molecule has 9 nitrogen and oxygen atoms in total. The van der Waals surface area contributed by atoms with Gasteiger partial charge in [0.1, 0.15) is 5.82 Å². The fourth-order valence-corrected chi connectivity index (χ4v) is 4.62. The number of hydrogen-bond acceptors (Lipinski definition) is 6. The van der Waals surface area contributed by atoms with Crippen LogP contribution in [0.15, 0.2) is 39.9 Å². The molecule has 186 valence electrons. The molecule has 0 aliphatic heterocycles. The number of H-pyrrole nitrogens is 1. The molecule has 1 aliphatic rings. The van der Waals surface area contributed by atoms with Crippen LogP contribution in [-0.4, -0.2) is 60.3 Å². The average molecular weight is 472 g/mol. The maximum absolute atomic E-state index is 13.5. The molecule has 0 unspecified atom stereocenters. The summed E-state index contributed by atoms with van der Waals surface area (Å²) in [5.74, 6) is -0.231. The minimum atomic E-state index is -0.658. The second-order valence-electron chi connectivity index (χ2n) is 9.02. The van der Waals surface area contributed by atoms with Gasteiger partial charge in [-0.05, 0) is 31.9 Å². The minimum Gasteiger partial charge on any atom is -0.385 e. The van der Waals surface area contributed by atoms with Gasteiger partial charge in [-0.25, -0.2) is 4.79 Å². The molecule has 9 heteroatoms. The van der Waals surface area contributed by atoms with Crippen LogP contribution in [0, 0.1) is 0 Å². The van der Waals surface area contributed by atoms with E-state index in [2.05, 4.69) is 9.88 Å². The first-order valence-corrected chi connectivity index (χ1v) is 12.1. The lowest BCUT2D eigenvalue weighted by molar-refractivity contribution is -0.120. The van der Waals surface area contributed by atoms with Gasteiger partial charge < -0.3 is 15.4 Å². The highest BCUT2D eigenvalue weighted by Gasteiger charge is 2.27. The smallest absolute Gasteiger partial charge is 0.330 e. The van der Waals surface area contributed by atoms with Crippen molar-refractivity contribution in [3.05, 3.63) is 56.7 Å². The summed E-state index contributed by atoms with van der Waals surface area (Å²) < 4.78 is 6.46. The molecule has 1 amide bonds. The first-order chi connectivity index (χ1) is 16.4. The van der Waals surface area contributed by atoms with E-state index in [9.17, 15) is 14.4 Å². The van der Waals surface area contributed by atoms with E-state index in [1.54, 1.807) is 7.11 Å². The Morgan fingerprint density at radius 1 is 1.15 bits per heavy atom. The van der Waals surface area contributed by atoms with Gasteiger partial charge in [0.2, 0.25) is 5.91 Å². The predicted octanol–water partition coefficient (Wildman–Crippen LogP) is 2.19. The van der Waals surface area contributed by atoms with Gasteiger partial charge >= 0.3 is 5.69 Å². The number of aromatic nitrogens is 2. The number of rotatable bonds is 10. The Morgan fingerprint density at radius 2 is 1.82 bits per heavy atom. The highest BCUT2D eigenvalue weighted by atomic mass is 16.5. The third kappa shape index (κ3) is 6.57. The monoisotopic (exact) mass is 471 g/mol. The first-order valence-electron chi connectivity index (χ1n) is 12.1. The summed E-state index contributed by atoms with van der Waals surface area (Å²) in [5, 5.41) is 0. The van der Waals surface area contributed by atoms with Crippen molar-refractivity contribution in [1.82, 2.24) is 14.5 Å². The van der Waals surface area contributed by atoms with E-state index in [0.717, 1.165) is 31.2 Å². The molecule has 2 aromatic rings. The number of anilines is 2. The number of likely N-dealkylation sites (N-methyl/N-ethyl adjacent to an activating group) is 1. The van der Waals surface area contributed by atoms with Crippen LogP contribution in [-0.2, 0) is 16.1 Å². The molecule has 1 aromatic carbocycles. The zero-order valence-electron chi connectivity index (χ0n) is 20.3. The second kappa shape index (κ2) is 12.5. The molecule has 0 atom stereocenters. The molecule has 1 aromatic heterocycles. The zero-order valence-corrected chi connectivity index (χ0v) is 20.3. The summed E-state index contributed by atoms with van der Waals surface area (Å²) in [6.07, 6.45) is 7.46. The Bertz CT molecular complexity index is 1040. The Hall–Kier alpha value is -2.91. The fourth-order valence-electron chi connectivity index (χ4n) is 4.62. The Morgan fingerprint density at radius 3 is 2.47 bits per heavy atom. The molecular weight excluding hydrogens is 434 g/mol. The number of benzene rings is 1. The maximum atomic E-state index is 13.5. The van der Waals surface area contributed by atoms with Gasteiger partial charge in [-0.15, -0.1) is 0 Å². The molecule has 1 fully saturated rings. The molecule has 1 aliphatic carbocycles. The van der Waals surface area contributed by atoms with Crippen molar-refractivity contribution in [2.45, 2.75) is 57.5 Å². The number of aromatic amines is 1. The lowest BCUT2D eigenvalue weighted by atomic mass is 10.1. The van der Waals surface area contributed by atoms with Crippen molar-refractivity contribution in [3.63, 3.8) is 0 Å². The van der Waals surface area contributed by atoms with Crippen LogP contribution in [0.3, 0.4) is 0 Å². The van der Waals surface area contributed by atoms with Gasteiger partial charge in [0.05, 0.1) is 13.1 Å². The molecule has 1 heterocycles. The van der Waals surface area contributed by atoms with Gasteiger partial charge in [0.25, 0.3) is 5.56 Å². The summed E-state index contributed by atoms with van der Waals surface area (Å²) in [6.45, 7) is 1.07. The normalized spacial score (nSPS) is 14.8. The van der Waals surface area contributed by atoms with Crippen LogP contribution in [0.5, 0.6) is 0 Å². The van der Waals surface area contributed by atoms with E-state index in [4.69, 9.17) is 10.5 Å². The van der Waals surface area contributed by atoms with Crippen molar-refractivity contribution < 1.29 is 9.53 Å². The van der Waals surface area contributed by atoms with Crippen LogP contribution in [0.2, 0.25) is 0 Å². The first kappa shape index (κ1) is 25.7. The van der Waals surface area contributed by atoms with Crippen molar-refractivity contribution in [1.29, 1.82) is 0 Å². The number of nitrogens with one attached hydrogen (secondary N) is 1. The Balaban J connectivity index is 1.91. The van der Waals surface area contributed by atoms with Crippen molar-refractivity contribution >= 4 is 17.4 Å². The van der Waals surface area contributed by atoms with E-state index >= 15 is 0 Å². The average Bonchev–Trinajstić information content (AvgIpc) is 3.11. The number of carbonyl (C=O) groups is 1. The lowest BCUT2D eigenvalue weighted by Gasteiger charge is -2.30. The second-order valence-corrected chi connectivity index (χ2v) is 9.02. The van der Waals surface area contributed by atoms with Gasteiger partial charge in [0.15, 0.2) is 5.69 Å². The molecule has 1 saturated carbocycles. The van der Waals surface area contributed by atoms with Crippen LogP contribution in [0.25, 0.3) is 0 Å². The van der Waals surface area contributed by atoms with Crippen molar-refractivity contribution in [2.75, 3.05) is 44.5 Å². The lowest BCUT2D eigenvalue weighted by Crippen LogP contribution is -2.47. The number of nitrogens with two attached hydrogens (primary N) is 1. The van der Waals surface area contributed by atoms with Crippen LogP contribution in [0.4, 0.5) is 11.5 Å². The number of nitrogen functional groups attached to an aromatic ring is 1. The van der Waals surface area contributed by atoms with E-state index in [1.165, 1.54) is 22.3 Å². The van der Waals surface area contributed by atoms with Crippen molar-refractivity contribution in [2.24, 2.45) is 0 Å². The summed E-state index contributed by atoms with van der Waals surface area (Å²) in [7, 11) is 3.55. The SMILES string of the molecule is COCCCN(C(=O)CN(C)C1CCCCCC1)c1c(N)n(Cc2ccccc2)c(=O)[nH]c1=O. The summed E-state index contributed by atoms with van der Waals surface area (Å²) >= 11 is 0. The van der Waals surface area contributed by atoms with Crippen LogP contribution in [0.1, 0.15) is 50.5 Å². The molecule has 3 rings (SSSR count). The summed E-state index contributed by atoms with van der Waals surface area (Å²) in [5.41, 5.74) is 5.99. The number of methoxy groups -OCH3 is 1. The summed E-state index contributed by atoms with van der Waals surface area (Å²) in [4.78, 5) is 44.8. The highest BCUT2D eigenvalue weighted by molar-refractivity contribution is 5.96. The van der Waals surface area contributed by atoms with E-state index in [0.29, 0.717) is 19.1 Å². The van der Waals surface area contributed by atoms with Crippen LogP contribution < -0.4 is 21.9 Å². The number of amides is 1. The van der Waals surface area contributed by atoms with E-state index in [1.807, 2.05) is 37.4 Å². The number of nitrogens with zero attached hydrogens (tertiary/aromatic N) is 3. The molecule has 0 spiro atoms. The number of hydrogen-bond donors (Lipinski definition) is 2. The standard InChI is InChI=1S/C25H37N5O4/c1-28(20-13-8-3-4-9-14-20)18-21(31)29(15-10-16-34-2)22-23(26)30(25(33)27-24(22)32)17-19-11-6-5-7-12-19/h5-7,11-12,20H,3-4,8-10,13-18,26H2,1-2H3,(H,27,32,33). The fraction of sp³-hybridized carbons (Fsp3) is 0.560. The maximum Gasteiger partial charge on any atom is 0.330 e. The van der Waals surface area contributed by atoms with E-state index in [-0.39, 0.29) is 37.0 Å². The molecule has 0 bridgehead atoms. The largest absolute Gasteiger partial charge is 0.385 e. The number of carbonyl (C=O) groups excluding carboxylic acids is 1. The summed E-state index contributed by atoms with van der Waals surface area (Å²) in [6, 6.07) is 9.71. The quantitative estimate of drug-likeness (QED) is 0.406. The Labute approximate surface area is 200 Å². The Kier molecular flexibility index (Phi) is 9.47. The number of ether oxygens (including phenoxy) is 1. The third-order valence-electron chi connectivity index (χ3n) is 6.53. The predicted molar refractivity (Wildman–Crippen MR) is 134 cm³/mol. The highest BCUT2D eigenvalue weighted by Crippen LogP contribution is 2.22. The zero-order chi connectivity index (χ0) is 24.5. The van der Waals surface area contributed by atoms with Gasteiger partial charge in [-0.3, -0.25) is 24.0 Å². The molecule has 34 heavy (non-hydrogen) atoms. The minimum absolute atomic E-state index is 0.0134. The molecule has 0 radical (unpaired) electrons. The van der Waals surface area contributed by atoms with Crippen LogP contribution >= 0.6 is 0 Å². The molecule has 3 N–H and O–H groups in total. The van der Waals surface area contributed by atoms with Crippen molar-refractivity contribution in [3.8, 4) is 0 Å². The molecular formula is C25H37N5O4. The third-order valence-corrected chi connectivity index (χ3v) is 6.53. The topological polar surface area (TPSA) is 114 Å². The van der Waals surface area contributed by atoms with E-state index < -0.39 is 11.2 Å². The molecule has 0 saturated heterocycles.